The van der Waals surface area contributed by atoms with Crippen LogP contribution in [0, 0.1) is 5.82 Å². The van der Waals surface area contributed by atoms with Gasteiger partial charge in [0, 0.05) is 32.8 Å². The second-order valence-electron chi connectivity index (χ2n) is 17.9. The van der Waals surface area contributed by atoms with Crippen LogP contribution in [0.15, 0.2) is 18.2 Å². The van der Waals surface area contributed by atoms with Crippen molar-refractivity contribution in [3.05, 3.63) is 34.1 Å². The van der Waals surface area contributed by atoms with Crippen LogP contribution in [0.4, 0.5) is 24.8 Å². The molecule has 2 amide bonds. The number of nitrogens with zero attached hydrogens (tertiary/aromatic N) is 5. The Morgan fingerprint density at radius 2 is 1.75 bits per heavy atom. The van der Waals surface area contributed by atoms with Gasteiger partial charge in [0.1, 0.15) is 35.8 Å². The highest BCUT2D eigenvalue weighted by Gasteiger charge is 2.52. The summed E-state index contributed by atoms with van der Waals surface area (Å²) in [5.41, 5.74) is -1.12. The third kappa shape index (κ3) is 6.77. The molecule has 4 aromatic rings. The Morgan fingerprint density at radius 3 is 2.47 bits per heavy atom. The summed E-state index contributed by atoms with van der Waals surface area (Å²) in [6, 6.07) is 4.55. The third-order valence-corrected chi connectivity index (χ3v) is 13.5. The molecule has 2 aromatic carbocycles. The van der Waals surface area contributed by atoms with Crippen LogP contribution in [0.5, 0.6) is 11.8 Å². The number of amides is 2. The van der Waals surface area contributed by atoms with Crippen LogP contribution >= 0.6 is 34.5 Å². The van der Waals surface area contributed by atoms with E-state index < -0.39 is 23.1 Å². The number of aromatic nitrogens is 2. The van der Waals surface area contributed by atoms with E-state index in [1.165, 1.54) is 11.3 Å². The number of halogens is 3. The Balaban J connectivity index is 1.18. The van der Waals surface area contributed by atoms with Crippen LogP contribution in [0.25, 0.3) is 32.1 Å². The second-order valence-corrected chi connectivity index (χ2v) is 19.8. The number of carbonyl (C=O) groups is 2. The molecule has 4 saturated heterocycles. The summed E-state index contributed by atoms with van der Waals surface area (Å²) < 4.78 is 43.0. The zero-order chi connectivity index (χ0) is 40.2. The molecule has 7 heterocycles. The standard InChI is InChI=1S/C41H47Cl2FN6O6S/c1-39(2,3)55-37(51)45-27-17-22-26(57-27)12-10-23(42)28(22)29-31(43)34-30-33(32(29)44)46-36(54-20-41-13-7-15-48(41)16-8-14-41)47-35(30)49-18-21-9-11-24(25(49)19-53-34)50(21)38(52)56-40(4,5)6/h10,12,17,21,24-25H,7-9,11,13-16,18-20H2,1-6H3,(H,45,51)/t21-,24+,25-/m1/s1. The Bertz CT molecular complexity index is 2300. The predicted octanol–water partition coefficient (Wildman–Crippen LogP) is 9.66. The maximum atomic E-state index is 17.7. The number of thiophene rings is 1. The van der Waals surface area contributed by atoms with Crippen molar-refractivity contribution in [2.75, 3.05) is 43.1 Å². The Labute approximate surface area is 344 Å². The van der Waals surface area contributed by atoms with Crippen molar-refractivity contribution in [3.63, 3.8) is 0 Å². The van der Waals surface area contributed by atoms with Crippen LogP contribution < -0.4 is 19.7 Å². The fourth-order valence-corrected chi connectivity index (χ4v) is 11.1. The molecule has 0 radical (unpaired) electrons. The van der Waals surface area contributed by atoms with E-state index in [2.05, 4.69) is 15.1 Å². The second kappa shape index (κ2) is 13.9. The predicted molar refractivity (Wildman–Crippen MR) is 220 cm³/mol. The SMILES string of the molecule is CC(C)(C)OC(=O)Nc1cc2c(-c3c(Cl)c4c5c(nc(OCC67CCCN6CCC7)nc5c3F)N3C[C@H]5CC[C@@H]([C@H]3CO4)N5C(=O)OC(C)(C)C)c(Cl)ccc2s1. The van der Waals surface area contributed by atoms with Gasteiger partial charge >= 0.3 is 18.2 Å². The molecule has 0 spiro atoms. The number of benzene rings is 2. The summed E-state index contributed by atoms with van der Waals surface area (Å²) in [6.07, 6.45) is 4.77. The smallest absolute Gasteiger partial charge is 0.412 e. The lowest BCUT2D eigenvalue weighted by molar-refractivity contribution is 0.00543. The molecule has 2 aromatic heterocycles. The van der Waals surface area contributed by atoms with E-state index in [9.17, 15) is 9.59 Å². The van der Waals surface area contributed by atoms with Gasteiger partial charge in [0.2, 0.25) is 0 Å². The Kier molecular flexibility index (Phi) is 9.41. The minimum absolute atomic E-state index is 0.00503. The van der Waals surface area contributed by atoms with E-state index in [0.29, 0.717) is 40.3 Å². The topological polar surface area (TPSA) is 119 Å². The van der Waals surface area contributed by atoms with Crippen molar-refractivity contribution in [1.29, 1.82) is 0 Å². The maximum absolute atomic E-state index is 17.7. The third-order valence-electron chi connectivity index (χ3n) is 11.8. The number of hydrogen-bond donors (Lipinski definition) is 1. The van der Waals surface area contributed by atoms with Crippen LogP contribution in [0.3, 0.4) is 0 Å². The summed E-state index contributed by atoms with van der Waals surface area (Å²) in [5, 5.41) is 4.47. The average Bonchev–Trinajstić information content (AvgIpc) is 3.87. The van der Waals surface area contributed by atoms with Crippen LogP contribution in [-0.4, -0.2) is 99.7 Å². The molecule has 3 atom stereocenters. The van der Waals surface area contributed by atoms with Gasteiger partial charge in [-0.1, -0.05) is 23.2 Å². The van der Waals surface area contributed by atoms with Gasteiger partial charge in [-0.2, -0.15) is 9.97 Å². The number of ether oxygens (including phenoxy) is 4. The normalized spacial score (nSPS) is 22.6. The fourth-order valence-electron chi connectivity index (χ4n) is 9.58. The van der Waals surface area contributed by atoms with E-state index >= 15 is 4.39 Å². The molecule has 5 aliphatic rings. The molecule has 0 unspecified atom stereocenters. The monoisotopic (exact) mass is 840 g/mol. The molecule has 12 nitrogen and oxygen atoms in total. The molecule has 0 saturated carbocycles. The molecule has 304 valence electrons. The first kappa shape index (κ1) is 38.7. The largest absolute Gasteiger partial charge is 0.489 e. The van der Waals surface area contributed by atoms with Crippen molar-refractivity contribution < 1.29 is 32.9 Å². The number of anilines is 2. The Morgan fingerprint density at radius 1 is 1.02 bits per heavy atom. The Hall–Kier alpha value is -3.85. The number of rotatable bonds is 5. The van der Waals surface area contributed by atoms with Gasteiger partial charge in [-0.15, -0.1) is 11.3 Å². The molecule has 9 rings (SSSR count). The summed E-state index contributed by atoms with van der Waals surface area (Å²) in [4.78, 5) is 42.7. The maximum Gasteiger partial charge on any atom is 0.412 e. The first-order valence-electron chi connectivity index (χ1n) is 19.7. The van der Waals surface area contributed by atoms with E-state index in [-0.39, 0.29) is 69.2 Å². The van der Waals surface area contributed by atoms with Crippen LogP contribution in [0.2, 0.25) is 10.0 Å². The van der Waals surface area contributed by atoms with Gasteiger partial charge < -0.3 is 23.8 Å². The number of hydrogen-bond acceptors (Lipinski definition) is 11. The van der Waals surface area contributed by atoms with E-state index in [0.717, 1.165) is 56.3 Å². The van der Waals surface area contributed by atoms with E-state index in [1.807, 2.05) is 31.7 Å². The first-order chi connectivity index (χ1) is 27.0. The van der Waals surface area contributed by atoms with Gasteiger partial charge in [0.15, 0.2) is 11.6 Å². The quantitative estimate of drug-likeness (QED) is 0.208. The van der Waals surface area contributed by atoms with Crippen molar-refractivity contribution in [2.45, 2.75) is 115 Å². The molecule has 2 bridgehead atoms. The van der Waals surface area contributed by atoms with Gasteiger partial charge in [0.05, 0.1) is 39.1 Å². The van der Waals surface area contributed by atoms with E-state index in [1.54, 1.807) is 32.9 Å². The number of piperazine rings is 1. The van der Waals surface area contributed by atoms with Gasteiger partial charge in [-0.3, -0.25) is 15.1 Å². The number of carbonyl (C=O) groups excluding carboxylic acids is 2. The van der Waals surface area contributed by atoms with Crippen molar-refractivity contribution in [1.82, 2.24) is 19.8 Å². The molecular formula is C41H47Cl2FN6O6S. The van der Waals surface area contributed by atoms with E-state index in [4.69, 9.17) is 52.1 Å². The molecule has 16 heteroatoms. The molecule has 0 aliphatic carbocycles. The van der Waals surface area contributed by atoms with Crippen LogP contribution in [0.1, 0.15) is 80.1 Å². The lowest BCUT2D eigenvalue weighted by Gasteiger charge is -2.46. The fraction of sp³-hybridized carbons (Fsp3) is 0.561. The highest BCUT2D eigenvalue weighted by atomic mass is 35.5. The van der Waals surface area contributed by atoms with Crippen molar-refractivity contribution in [3.8, 4) is 22.9 Å². The zero-order valence-corrected chi connectivity index (χ0v) is 35.3. The lowest BCUT2D eigenvalue weighted by Crippen LogP contribution is -2.63. The minimum atomic E-state index is -0.701. The molecule has 5 aliphatic heterocycles. The molecule has 4 fully saturated rings. The number of fused-ring (bicyclic) bond motifs is 7. The lowest BCUT2D eigenvalue weighted by atomic mass is 9.95. The number of nitrogens with one attached hydrogen (secondary N) is 1. The van der Waals surface area contributed by atoms with Gasteiger partial charge in [-0.25, -0.2) is 14.0 Å². The molecular weight excluding hydrogens is 794 g/mol. The van der Waals surface area contributed by atoms with Crippen molar-refractivity contribution >= 4 is 78.5 Å². The van der Waals surface area contributed by atoms with Crippen LogP contribution in [-0.2, 0) is 9.47 Å². The summed E-state index contributed by atoms with van der Waals surface area (Å²) in [7, 11) is 0. The van der Waals surface area contributed by atoms with Gasteiger partial charge in [0.25, 0.3) is 0 Å². The summed E-state index contributed by atoms with van der Waals surface area (Å²) in [6.45, 7) is 14.0. The average molecular weight is 842 g/mol. The van der Waals surface area contributed by atoms with Gasteiger partial charge in [-0.05, 0) is 111 Å². The van der Waals surface area contributed by atoms with Crippen molar-refractivity contribution in [2.24, 2.45) is 0 Å². The minimum Gasteiger partial charge on any atom is -0.489 e. The highest BCUT2D eigenvalue weighted by Crippen LogP contribution is 2.53. The summed E-state index contributed by atoms with van der Waals surface area (Å²) >= 11 is 15.6. The highest BCUT2D eigenvalue weighted by molar-refractivity contribution is 7.23. The zero-order valence-electron chi connectivity index (χ0n) is 33.0. The first-order valence-corrected chi connectivity index (χ1v) is 21.3. The molecule has 57 heavy (non-hydrogen) atoms. The summed E-state index contributed by atoms with van der Waals surface area (Å²) in [5.74, 6) is -0.0182. The molecule has 1 N–H and O–H groups in total.